The van der Waals surface area contributed by atoms with Gasteiger partial charge in [-0.25, -0.2) is 0 Å². The molecule has 0 aliphatic carbocycles. The fourth-order valence-corrected chi connectivity index (χ4v) is 2.55. The molecule has 2 aromatic carbocycles. The lowest BCUT2D eigenvalue weighted by Crippen LogP contribution is -2.82. The topological polar surface area (TPSA) is 64.2 Å². The van der Waals surface area contributed by atoms with Crippen LogP contribution in [0.2, 0.25) is 0 Å². The van der Waals surface area contributed by atoms with Gasteiger partial charge in [-0.3, -0.25) is 4.79 Å². The van der Waals surface area contributed by atoms with E-state index in [2.05, 4.69) is 17.6 Å². The van der Waals surface area contributed by atoms with E-state index < -0.39 is 0 Å². The van der Waals surface area contributed by atoms with E-state index >= 15 is 0 Å². The summed E-state index contributed by atoms with van der Waals surface area (Å²) >= 11 is 0. The van der Waals surface area contributed by atoms with Gasteiger partial charge < -0.3 is 20.1 Å². The lowest BCUT2D eigenvalue weighted by Gasteiger charge is -2.13. The number of ether oxygens (including phenoxy) is 2. The molecule has 0 saturated carbocycles. The van der Waals surface area contributed by atoms with Crippen molar-refractivity contribution in [1.82, 2.24) is 0 Å². The smallest absolute Gasteiger partial charge is 0.262 e. The molecule has 0 fully saturated rings. The van der Waals surface area contributed by atoms with Crippen molar-refractivity contribution in [2.75, 3.05) is 25.1 Å². The number of para-hydroxylation sites is 1. The van der Waals surface area contributed by atoms with Crippen molar-refractivity contribution in [2.24, 2.45) is 0 Å². The Labute approximate surface area is 155 Å². The highest BCUT2D eigenvalue weighted by atomic mass is 16.5. The summed E-state index contributed by atoms with van der Waals surface area (Å²) in [5.41, 5.74) is 1.94. The van der Waals surface area contributed by atoms with E-state index in [1.54, 1.807) is 0 Å². The molecule has 5 heteroatoms. The van der Waals surface area contributed by atoms with Crippen molar-refractivity contribution in [3.8, 4) is 11.5 Å². The highest BCUT2D eigenvalue weighted by molar-refractivity contribution is 5.91. The number of amides is 1. The van der Waals surface area contributed by atoms with Crippen molar-refractivity contribution in [3.05, 3.63) is 54.1 Å². The van der Waals surface area contributed by atoms with Gasteiger partial charge in [0.25, 0.3) is 5.91 Å². The molecule has 0 aromatic heterocycles. The molecule has 0 radical (unpaired) electrons. The first-order chi connectivity index (χ1) is 12.7. The van der Waals surface area contributed by atoms with Crippen LogP contribution in [0.15, 0.2) is 48.5 Å². The molecule has 0 bridgehead atoms. The molecule has 0 atom stereocenters. The third-order valence-electron chi connectivity index (χ3n) is 3.87. The third-order valence-corrected chi connectivity index (χ3v) is 3.87. The summed E-state index contributed by atoms with van der Waals surface area (Å²) in [7, 11) is 0. The molecular weight excluding hydrogens is 328 g/mol. The highest BCUT2D eigenvalue weighted by Crippen LogP contribution is 2.28. The van der Waals surface area contributed by atoms with Crippen LogP contribution in [0.25, 0.3) is 0 Å². The van der Waals surface area contributed by atoms with Crippen LogP contribution < -0.4 is 20.1 Å². The summed E-state index contributed by atoms with van der Waals surface area (Å²) in [4.78, 5) is 12.0. The number of carbonyl (C=O) groups excluding carboxylic acids is 1. The first-order valence-corrected chi connectivity index (χ1v) is 9.28. The van der Waals surface area contributed by atoms with Gasteiger partial charge in [0, 0.05) is 11.3 Å². The quantitative estimate of drug-likeness (QED) is 0.608. The predicted molar refractivity (Wildman–Crippen MR) is 104 cm³/mol. The Bertz CT molecular complexity index is 674. The monoisotopic (exact) mass is 357 g/mol. The number of hydrogen-bond donors (Lipinski definition) is 2. The van der Waals surface area contributed by atoms with E-state index in [-0.39, 0.29) is 12.5 Å². The number of unbranched alkanes of at least 4 members (excludes halogenated alkanes) is 1. The van der Waals surface area contributed by atoms with Crippen LogP contribution in [0, 0.1) is 0 Å². The molecule has 0 spiro atoms. The van der Waals surface area contributed by atoms with E-state index in [4.69, 9.17) is 9.47 Å². The van der Waals surface area contributed by atoms with Gasteiger partial charge in [-0.1, -0.05) is 31.5 Å². The van der Waals surface area contributed by atoms with Gasteiger partial charge in [0.05, 0.1) is 13.2 Å². The minimum Gasteiger partial charge on any atom is -0.490 e. The molecule has 0 aliphatic heterocycles. The molecule has 0 saturated heterocycles. The number of nitrogens with two attached hydrogens (primary N) is 1. The van der Waals surface area contributed by atoms with Gasteiger partial charge in [0.1, 0.15) is 6.54 Å². The Balaban J connectivity index is 1.91. The molecule has 0 unspecified atom stereocenters. The average molecular weight is 357 g/mol. The molecule has 1 amide bonds. The zero-order chi connectivity index (χ0) is 18.6. The second-order valence-corrected chi connectivity index (χ2v) is 6.05. The maximum absolute atomic E-state index is 12.0. The van der Waals surface area contributed by atoms with Gasteiger partial charge >= 0.3 is 0 Å². The van der Waals surface area contributed by atoms with Crippen molar-refractivity contribution in [2.45, 2.75) is 33.2 Å². The van der Waals surface area contributed by atoms with E-state index in [1.165, 1.54) is 18.4 Å². The van der Waals surface area contributed by atoms with E-state index in [9.17, 15) is 4.79 Å². The molecule has 0 heterocycles. The Morgan fingerprint density at radius 1 is 1.04 bits per heavy atom. The standard InChI is InChI=1S/C21H28N2O3/c1-3-5-13-22-15-17-11-12-19(20(14-17)25-4-2)26-16-21(24)23-18-9-7-6-8-10-18/h6-12,14,22H,3-5,13,15-16H2,1-2H3,(H,23,24)/p+1. The number of hydrogen-bond acceptors (Lipinski definition) is 3. The zero-order valence-electron chi connectivity index (χ0n) is 15.7. The Hall–Kier alpha value is -2.53. The zero-order valence-corrected chi connectivity index (χ0v) is 15.7. The SMILES string of the molecule is CCCC[NH2+]Cc1ccc(OCC(=O)Nc2ccccc2)c(OCC)c1. The van der Waals surface area contributed by atoms with E-state index in [0.717, 1.165) is 18.8 Å². The summed E-state index contributed by atoms with van der Waals surface area (Å²) in [6.07, 6.45) is 2.43. The van der Waals surface area contributed by atoms with Crippen molar-refractivity contribution in [1.29, 1.82) is 0 Å². The second-order valence-electron chi connectivity index (χ2n) is 6.05. The number of carbonyl (C=O) groups is 1. The minimum atomic E-state index is -0.198. The van der Waals surface area contributed by atoms with Crippen LogP contribution in [0.5, 0.6) is 11.5 Å². The lowest BCUT2D eigenvalue weighted by molar-refractivity contribution is -0.670. The van der Waals surface area contributed by atoms with Crippen molar-refractivity contribution >= 4 is 11.6 Å². The van der Waals surface area contributed by atoms with Gasteiger partial charge in [-0.05, 0) is 43.7 Å². The van der Waals surface area contributed by atoms with Crippen LogP contribution in [0.4, 0.5) is 5.69 Å². The molecule has 2 rings (SSSR count). The number of anilines is 1. The van der Waals surface area contributed by atoms with Gasteiger partial charge in [-0.15, -0.1) is 0 Å². The number of nitrogens with one attached hydrogen (secondary N) is 1. The summed E-state index contributed by atoms with van der Waals surface area (Å²) < 4.78 is 11.4. The number of benzene rings is 2. The Morgan fingerprint density at radius 3 is 2.58 bits per heavy atom. The summed E-state index contributed by atoms with van der Waals surface area (Å²) in [6.45, 7) is 6.66. The van der Waals surface area contributed by atoms with Crippen LogP contribution >= 0.6 is 0 Å². The average Bonchev–Trinajstić information content (AvgIpc) is 2.65. The summed E-state index contributed by atoms with van der Waals surface area (Å²) in [5.74, 6) is 1.07. The predicted octanol–water partition coefficient (Wildman–Crippen LogP) is 2.97. The second kappa shape index (κ2) is 11.2. The fraction of sp³-hybridized carbons (Fsp3) is 0.381. The largest absolute Gasteiger partial charge is 0.490 e. The molecule has 140 valence electrons. The Kier molecular flexibility index (Phi) is 8.49. The number of rotatable bonds is 11. The van der Waals surface area contributed by atoms with E-state index in [1.807, 2.05) is 55.5 Å². The lowest BCUT2D eigenvalue weighted by atomic mass is 10.2. The maximum atomic E-state index is 12.0. The normalized spacial score (nSPS) is 10.4. The Morgan fingerprint density at radius 2 is 1.85 bits per heavy atom. The minimum absolute atomic E-state index is 0.0586. The molecule has 3 N–H and O–H groups in total. The van der Waals surface area contributed by atoms with Gasteiger partial charge in [-0.2, -0.15) is 0 Å². The van der Waals surface area contributed by atoms with Crippen LogP contribution in [-0.4, -0.2) is 25.7 Å². The summed E-state index contributed by atoms with van der Waals surface area (Å²) in [5, 5.41) is 5.10. The van der Waals surface area contributed by atoms with Crippen molar-refractivity contribution < 1.29 is 19.6 Å². The molecule has 26 heavy (non-hydrogen) atoms. The summed E-state index contributed by atoms with van der Waals surface area (Å²) in [6, 6.07) is 15.2. The highest BCUT2D eigenvalue weighted by Gasteiger charge is 2.10. The number of quaternary nitrogens is 1. The molecule has 5 nitrogen and oxygen atoms in total. The molecule has 0 aliphatic rings. The van der Waals surface area contributed by atoms with Crippen LogP contribution in [-0.2, 0) is 11.3 Å². The maximum Gasteiger partial charge on any atom is 0.262 e. The third kappa shape index (κ3) is 6.76. The fourth-order valence-electron chi connectivity index (χ4n) is 2.55. The van der Waals surface area contributed by atoms with E-state index in [0.29, 0.717) is 18.1 Å². The molecule has 2 aromatic rings. The van der Waals surface area contributed by atoms with Crippen LogP contribution in [0.3, 0.4) is 0 Å². The first-order valence-electron chi connectivity index (χ1n) is 9.28. The van der Waals surface area contributed by atoms with Crippen LogP contribution in [0.1, 0.15) is 32.3 Å². The molecular formula is C21H29N2O3+. The van der Waals surface area contributed by atoms with Crippen molar-refractivity contribution in [3.63, 3.8) is 0 Å². The first kappa shape index (κ1) is 19.8. The van der Waals surface area contributed by atoms with Gasteiger partial charge in [0.15, 0.2) is 18.1 Å². The van der Waals surface area contributed by atoms with Gasteiger partial charge in [0.2, 0.25) is 0 Å².